The minimum Gasteiger partial charge on any atom is -0.370 e. The number of nitrogens with two attached hydrogens (primary N) is 1. The van der Waals surface area contributed by atoms with Gasteiger partial charge in [0.05, 0.1) is 0 Å². The Balaban J connectivity index is 2.33. The summed E-state index contributed by atoms with van der Waals surface area (Å²) in [6, 6.07) is 17.0. The molecule has 1 amide bonds. The second-order valence-corrected chi connectivity index (χ2v) is 4.40. The van der Waals surface area contributed by atoms with Gasteiger partial charge in [-0.2, -0.15) is 0 Å². The van der Waals surface area contributed by atoms with Crippen LogP contribution in [-0.4, -0.2) is 5.91 Å². The van der Waals surface area contributed by atoms with Crippen molar-refractivity contribution in [3.05, 3.63) is 65.7 Å². The lowest BCUT2D eigenvalue weighted by atomic mass is 9.98. The van der Waals surface area contributed by atoms with Gasteiger partial charge in [-0.25, -0.2) is 0 Å². The summed E-state index contributed by atoms with van der Waals surface area (Å²) in [6.07, 6.45) is 0.871. The summed E-state index contributed by atoms with van der Waals surface area (Å²) in [5.74, 6) is -0.371. The van der Waals surface area contributed by atoms with Gasteiger partial charge in [-0.15, -0.1) is 0 Å². The number of para-hydroxylation sites is 1. The van der Waals surface area contributed by atoms with Gasteiger partial charge in [-0.3, -0.25) is 4.79 Å². The van der Waals surface area contributed by atoms with Crippen LogP contribution in [0.15, 0.2) is 54.6 Å². The topological polar surface area (TPSA) is 55.1 Å². The highest BCUT2D eigenvalue weighted by Gasteiger charge is 2.19. The predicted molar refractivity (Wildman–Crippen MR) is 77.8 cm³/mol. The molecule has 0 bridgehead atoms. The first-order chi connectivity index (χ1) is 9.22. The first-order valence-electron chi connectivity index (χ1n) is 6.41. The van der Waals surface area contributed by atoms with Crippen molar-refractivity contribution in [2.24, 2.45) is 5.73 Å². The molecule has 2 rings (SSSR count). The van der Waals surface area contributed by atoms with E-state index in [0.29, 0.717) is 0 Å². The molecule has 0 aliphatic rings. The Hall–Kier alpha value is -2.29. The van der Waals surface area contributed by atoms with Gasteiger partial charge in [-0.1, -0.05) is 49.4 Å². The number of benzene rings is 2. The fourth-order valence-electron chi connectivity index (χ4n) is 2.14. The number of amides is 1. The van der Waals surface area contributed by atoms with Crippen LogP contribution in [0.1, 0.15) is 24.1 Å². The van der Waals surface area contributed by atoms with Crippen LogP contribution in [0, 0.1) is 0 Å². The average molecular weight is 254 g/mol. The molecular weight excluding hydrogens is 236 g/mol. The minimum atomic E-state index is -0.501. The van der Waals surface area contributed by atoms with Gasteiger partial charge >= 0.3 is 0 Å². The summed E-state index contributed by atoms with van der Waals surface area (Å²) >= 11 is 0. The van der Waals surface area contributed by atoms with E-state index >= 15 is 0 Å². The molecule has 0 radical (unpaired) electrons. The van der Waals surface area contributed by atoms with Gasteiger partial charge < -0.3 is 11.1 Å². The third kappa shape index (κ3) is 3.13. The lowest BCUT2D eigenvalue weighted by Gasteiger charge is -2.19. The van der Waals surface area contributed by atoms with Gasteiger partial charge in [0.2, 0.25) is 5.91 Å². The van der Waals surface area contributed by atoms with Crippen molar-refractivity contribution < 1.29 is 4.79 Å². The molecule has 0 saturated heterocycles. The number of hydrogen-bond acceptors (Lipinski definition) is 2. The molecule has 1 atom stereocenters. The summed E-state index contributed by atoms with van der Waals surface area (Å²) in [5, 5.41) is 3.19. The number of rotatable bonds is 5. The lowest BCUT2D eigenvalue weighted by Crippen LogP contribution is -2.28. The van der Waals surface area contributed by atoms with Crippen molar-refractivity contribution in [2.75, 3.05) is 5.32 Å². The number of nitrogens with one attached hydrogen (secondary N) is 1. The van der Waals surface area contributed by atoms with Crippen molar-refractivity contribution in [1.82, 2.24) is 0 Å². The number of carbonyl (C=O) groups is 1. The maximum absolute atomic E-state index is 11.7. The molecule has 0 heterocycles. The van der Waals surface area contributed by atoms with Crippen molar-refractivity contribution in [3.63, 3.8) is 0 Å². The van der Waals surface area contributed by atoms with E-state index in [1.165, 1.54) is 0 Å². The Morgan fingerprint density at radius 2 is 1.74 bits per heavy atom. The summed E-state index contributed by atoms with van der Waals surface area (Å²) in [7, 11) is 0. The molecule has 19 heavy (non-hydrogen) atoms. The second-order valence-electron chi connectivity index (χ2n) is 4.40. The number of anilines is 1. The number of carbonyl (C=O) groups excluding carboxylic acids is 1. The zero-order valence-corrected chi connectivity index (χ0v) is 11.0. The van der Waals surface area contributed by atoms with E-state index in [-0.39, 0.29) is 5.91 Å². The van der Waals surface area contributed by atoms with Crippen LogP contribution < -0.4 is 11.1 Å². The molecule has 3 nitrogen and oxygen atoms in total. The van der Waals surface area contributed by atoms with E-state index in [4.69, 9.17) is 5.73 Å². The van der Waals surface area contributed by atoms with E-state index in [2.05, 4.69) is 12.2 Å². The molecule has 3 N–H and O–H groups in total. The number of hydrogen-bond donors (Lipinski definition) is 2. The SMILES string of the molecule is CCc1ccccc1C(Nc1ccccc1)C(N)=O. The zero-order valence-electron chi connectivity index (χ0n) is 11.0. The van der Waals surface area contributed by atoms with Crippen LogP contribution in [-0.2, 0) is 11.2 Å². The molecule has 0 spiro atoms. The zero-order chi connectivity index (χ0) is 13.7. The summed E-state index contributed by atoms with van der Waals surface area (Å²) in [6.45, 7) is 2.07. The fourth-order valence-corrected chi connectivity index (χ4v) is 2.14. The van der Waals surface area contributed by atoms with E-state index in [1.54, 1.807) is 0 Å². The maximum atomic E-state index is 11.7. The third-order valence-corrected chi connectivity index (χ3v) is 3.12. The summed E-state index contributed by atoms with van der Waals surface area (Å²) < 4.78 is 0. The molecular formula is C16H18N2O. The van der Waals surface area contributed by atoms with Crippen LogP contribution in [0.25, 0.3) is 0 Å². The average Bonchev–Trinajstić information content (AvgIpc) is 2.45. The smallest absolute Gasteiger partial charge is 0.244 e. The molecule has 0 saturated carbocycles. The van der Waals surface area contributed by atoms with Crippen molar-refractivity contribution in [3.8, 4) is 0 Å². The van der Waals surface area contributed by atoms with Gasteiger partial charge in [0.25, 0.3) is 0 Å². The minimum absolute atomic E-state index is 0.371. The van der Waals surface area contributed by atoms with Crippen LogP contribution >= 0.6 is 0 Å². The quantitative estimate of drug-likeness (QED) is 0.862. The number of aryl methyl sites for hydroxylation is 1. The Bertz CT molecular complexity index is 552. The van der Waals surface area contributed by atoms with E-state index < -0.39 is 6.04 Å². The molecule has 0 aromatic heterocycles. The standard InChI is InChI=1S/C16H18N2O/c1-2-12-8-6-7-11-14(12)15(16(17)19)18-13-9-4-3-5-10-13/h3-11,15,18H,2H2,1H3,(H2,17,19). The monoisotopic (exact) mass is 254 g/mol. The second kappa shape index (κ2) is 6.05. The predicted octanol–water partition coefficient (Wildman–Crippen LogP) is 2.89. The van der Waals surface area contributed by atoms with Crippen molar-refractivity contribution in [2.45, 2.75) is 19.4 Å². The Morgan fingerprint density at radius 3 is 2.37 bits per heavy atom. The highest BCUT2D eigenvalue weighted by molar-refractivity contribution is 5.84. The Kier molecular flexibility index (Phi) is 4.18. The lowest BCUT2D eigenvalue weighted by molar-refractivity contribution is -0.118. The first-order valence-corrected chi connectivity index (χ1v) is 6.41. The molecule has 3 heteroatoms. The first kappa shape index (κ1) is 13.1. The fraction of sp³-hybridized carbons (Fsp3) is 0.188. The van der Waals surface area contributed by atoms with Crippen LogP contribution in [0.5, 0.6) is 0 Å². The van der Waals surface area contributed by atoms with Gasteiger partial charge in [0, 0.05) is 5.69 Å². The van der Waals surface area contributed by atoms with Crippen LogP contribution in [0.4, 0.5) is 5.69 Å². The molecule has 0 fully saturated rings. The van der Waals surface area contributed by atoms with Crippen LogP contribution in [0.2, 0.25) is 0 Å². The molecule has 0 aliphatic heterocycles. The largest absolute Gasteiger partial charge is 0.370 e. The summed E-state index contributed by atoms with van der Waals surface area (Å²) in [4.78, 5) is 11.7. The normalized spacial score (nSPS) is 11.8. The van der Waals surface area contributed by atoms with E-state index in [1.807, 2.05) is 54.6 Å². The molecule has 0 aliphatic carbocycles. The summed E-state index contributed by atoms with van der Waals surface area (Å²) in [5.41, 5.74) is 8.50. The van der Waals surface area contributed by atoms with Crippen molar-refractivity contribution >= 4 is 11.6 Å². The molecule has 2 aromatic rings. The van der Waals surface area contributed by atoms with E-state index in [9.17, 15) is 4.79 Å². The molecule has 2 aromatic carbocycles. The van der Waals surface area contributed by atoms with Gasteiger partial charge in [0.1, 0.15) is 6.04 Å². The molecule has 1 unspecified atom stereocenters. The third-order valence-electron chi connectivity index (χ3n) is 3.12. The van der Waals surface area contributed by atoms with Gasteiger partial charge in [0.15, 0.2) is 0 Å². The van der Waals surface area contributed by atoms with Crippen LogP contribution in [0.3, 0.4) is 0 Å². The highest BCUT2D eigenvalue weighted by atomic mass is 16.1. The maximum Gasteiger partial charge on any atom is 0.244 e. The number of primary amides is 1. The van der Waals surface area contributed by atoms with E-state index in [0.717, 1.165) is 23.2 Å². The van der Waals surface area contributed by atoms with Gasteiger partial charge in [-0.05, 0) is 29.7 Å². The Morgan fingerprint density at radius 1 is 1.11 bits per heavy atom. The molecule has 98 valence electrons. The highest BCUT2D eigenvalue weighted by Crippen LogP contribution is 2.23. The Labute approximate surface area is 113 Å². The van der Waals surface area contributed by atoms with Crippen molar-refractivity contribution in [1.29, 1.82) is 0 Å².